The fraction of sp³-hybridized carbons (Fsp3) is 0.350. The van der Waals surface area contributed by atoms with Crippen molar-refractivity contribution >= 4 is 15.7 Å². The molecular formula is C20H25NO3S. The van der Waals surface area contributed by atoms with Crippen LogP contribution in [-0.4, -0.2) is 26.6 Å². The number of benzene rings is 2. The zero-order chi connectivity index (χ0) is 18.1. The van der Waals surface area contributed by atoms with Crippen molar-refractivity contribution in [1.82, 2.24) is 5.32 Å². The molecule has 1 amide bonds. The maximum absolute atomic E-state index is 12.3. The molecule has 0 aromatic heterocycles. The molecule has 25 heavy (non-hydrogen) atoms. The molecule has 134 valence electrons. The number of hydrogen-bond acceptors (Lipinski definition) is 3. The Balaban J connectivity index is 1.79. The maximum Gasteiger partial charge on any atom is 0.227 e. The molecule has 0 aliphatic carbocycles. The summed E-state index contributed by atoms with van der Waals surface area (Å²) < 4.78 is 24.3. The molecule has 0 bridgehead atoms. The summed E-state index contributed by atoms with van der Waals surface area (Å²) in [6.07, 6.45) is 1.13. The average molecular weight is 359 g/mol. The van der Waals surface area contributed by atoms with E-state index in [2.05, 4.69) is 5.32 Å². The van der Waals surface area contributed by atoms with Gasteiger partial charge in [0.05, 0.1) is 17.4 Å². The second kappa shape index (κ2) is 9.37. The Labute approximate surface area is 150 Å². The molecule has 5 heteroatoms. The molecule has 4 nitrogen and oxygen atoms in total. The molecule has 0 radical (unpaired) electrons. The summed E-state index contributed by atoms with van der Waals surface area (Å²) >= 11 is 0. The van der Waals surface area contributed by atoms with Crippen molar-refractivity contribution in [2.24, 2.45) is 0 Å². The van der Waals surface area contributed by atoms with E-state index in [0.717, 1.165) is 11.1 Å². The minimum absolute atomic E-state index is 0.0450. The Morgan fingerprint density at radius 2 is 1.60 bits per heavy atom. The number of carbonyl (C=O) groups excluding carboxylic acids is 1. The molecule has 0 unspecified atom stereocenters. The van der Waals surface area contributed by atoms with Gasteiger partial charge in [-0.1, -0.05) is 67.6 Å². The molecule has 2 rings (SSSR count). The van der Waals surface area contributed by atoms with E-state index in [9.17, 15) is 13.2 Å². The number of nitrogens with one attached hydrogen (secondary N) is 1. The van der Waals surface area contributed by atoms with Crippen LogP contribution in [0.1, 0.15) is 36.8 Å². The van der Waals surface area contributed by atoms with E-state index in [1.807, 2.05) is 67.6 Å². The monoisotopic (exact) mass is 359 g/mol. The summed E-state index contributed by atoms with van der Waals surface area (Å²) in [5, 5.41) is 2.87. The third kappa shape index (κ3) is 6.35. The predicted molar refractivity (Wildman–Crippen MR) is 101 cm³/mol. The summed E-state index contributed by atoms with van der Waals surface area (Å²) in [7, 11) is -3.16. The largest absolute Gasteiger partial charge is 0.356 e. The SMILES string of the molecule is CC[C@@H](C(=O)NCCCS(=O)(=O)Cc1ccccc1)c1ccccc1. The quantitative estimate of drug-likeness (QED) is 0.699. The minimum Gasteiger partial charge on any atom is -0.356 e. The Hall–Kier alpha value is -2.14. The molecule has 0 saturated carbocycles. The summed E-state index contributed by atoms with van der Waals surface area (Å²) in [6.45, 7) is 2.34. The van der Waals surface area contributed by atoms with E-state index in [4.69, 9.17) is 0 Å². The van der Waals surface area contributed by atoms with Crippen molar-refractivity contribution in [2.45, 2.75) is 31.4 Å². The fourth-order valence-electron chi connectivity index (χ4n) is 2.79. The number of sulfone groups is 1. The Kier molecular flexibility index (Phi) is 7.19. The normalized spacial score (nSPS) is 12.5. The Bertz CT molecular complexity index is 758. The number of hydrogen-bond donors (Lipinski definition) is 1. The highest BCUT2D eigenvalue weighted by Gasteiger charge is 2.18. The zero-order valence-electron chi connectivity index (χ0n) is 14.5. The van der Waals surface area contributed by atoms with Gasteiger partial charge >= 0.3 is 0 Å². The molecule has 0 spiro atoms. The maximum atomic E-state index is 12.3. The van der Waals surface area contributed by atoms with Crippen LogP contribution < -0.4 is 5.32 Å². The third-order valence-electron chi connectivity index (χ3n) is 4.09. The van der Waals surface area contributed by atoms with E-state index >= 15 is 0 Å². The van der Waals surface area contributed by atoms with Gasteiger partial charge in [-0.25, -0.2) is 8.42 Å². The van der Waals surface area contributed by atoms with Crippen LogP contribution in [0, 0.1) is 0 Å². The summed E-state index contributed by atoms with van der Waals surface area (Å²) in [5.74, 6) is -0.121. The van der Waals surface area contributed by atoms with E-state index in [1.54, 1.807) is 0 Å². The first kappa shape index (κ1) is 19.2. The van der Waals surface area contributed by atoms with Gasteiger partial charge in [-0.15, -0.1) is 0 Å². The van der Waals surface area contributed by atoms with Gasteiger partial charge in [0.1, 0.15) is 0 Å². The molecule has 0 aliphatic rings. The summed E-state index contributed by atoms with van der Waals surface area (Å²) in [6, 6.07) is 18.8. The van der Waals surface area contributed by atoms with Gasteiger partial charge in [0, 0.05) is 6.54 Å². The van der Waals surface area contributed by atoms with Gasteiger partial charge in [0.25, 0.3) is 0 Å². The van der Waals surface area contributed by atoms with Crippen LogP contribution in [0.25, 0.3) is 0 Å². The van der Waals surface area contributed by atoms with Gasteiger partial charge in [-0.3, -0.25) is 4.79 Å². The van der Waals surface area contributed by atoms with Gasteiger partial charge in [-0.2, -0.15) is 0 Å². The Morgan fingerprint density at radius 3 is 2.20 bits per heavy atom. The molecule has 2 aromatic carbocycles. The van der Waals surface area contributed by atoms with E-state index in [0.29, 0.717) is 19.4 Å². The smallest absolute Gasteiger partial charge is 0.227 e. The first-order chi connectivity index (χ1) is 12.0. The van der Waals surface area contributed by atoms with Gasteiger partial charge in [-0.05, 0) is 24.0 Å². The van der Waals surface area contributed by atoms with Crippen LogP contribution in [0.15, 0.2) is 60.7 Å². The van der Waals surface area contributed by atoms with Crippen molar-refractivity contribution in [1.29, 1.82) is 0 Å². The van der Waals surface area contributed by atoms with Crippen molar-refractivity contribution in [3.63, 3.8) is 0 Å². The summed E-state index contributed by atoms with van der Waals surface area (Å²) in [5.41, 5.74) is 1.78. The number of carbonyl (C=O) groups is 1. The van der Waals surface area contributed by atoms with Crippen LogP contribution in [0.5, 0.6) is 0 Å². The highest BCUT2D eigenvalue weighted by atomic mass is 32.2. The van der Waals surface area contributed by atoms with Crippen LogP contribution >= 0.6 is 0 Å². The van der Waals surface area contributed by atoms with Gasteiger partial charge in [0.2, 0.25) is 5.91 Å². The average Bonchev–Trinajstić information content (AvgIpc) is 2.61. The van der Waals surface area contributed by atoms with Crippen molar-refractivity contribution in [3.05, 3.63) is 71.8 Å². The second-order valence-corrected chi connectivity index (χ2v) is 8.28. The second-order valence-electron chi connectivity index (χ2n) is 6.09. The van der Waals surface area contributed by atoms with Gasteiger partial charge < -0.3 is 5.32 Å². The van der Waals surface area contributed by atoms with E-state index < -0.39 is 9.84 Å². The van der Waals surface area contributed by atoms with Crippen LogP contribution in [0.2, 0.25) is 0 Å². The minimum atomic E-state index is -3.16. The van der Waals surface area contributed by atoms with Crippen LogP contribution in [-0.2, 0) is 20.4 Å². The fourth-order valence-corrected chi connectivity index (χ4v) is 4.21. The highest BCUT2D eigenvalue weighted by Crippen LogP contribution is 2.19. The lowest BCUT2D eigenvalue weighted by atomic mass is 9.96. The van der Waals surface area contributed by atoms with Crippen LogP contribution in [0.3, 0.4) is 0 Å². The van der Waals surface area contributed by atoms with Crippen molar-refractivity contribution < 1.29 is 13.2 Å². The first-order valence-corrected chi connectivity index (χ1v) is 10.4. The first-order valence-electron chi connectivity index (χ1n) is 8.59. The topological polar surface area (TPSA) is 63.2 Å². The molecule has 2 aromatic rings. The third-order valence-corrected chi connectivity index (χ3v) is 5.77. The molecule has 0 fully saturated rings. The van der Waals surface area contributed by atoms with E-state index in [-0.39, 0.29) is 23.3 Å². The highest BCUT2D eigenvalue weighted by molar-refractivity contribution is 7.90. The van der Waals surface area contributed by atoms with E-state index in [1.165, 1.54) is 0 Å². The lowest BCUT2D eigenvalue weighted by Crippen LogP contribution is -2.31. The zero-order valence-corrected chi connectivity index (χ0v) is 15.3. The molecule has 0 heterocycles. The number of amides is 1. The Morgan fingerprint density at radius 1 is 1.00 bits per heavy atom. The molecule has 0 aliphatic heterocycles. The predicted octanol–water partition coefficient (Wildman–Crippen LogP) is 3.30. The molecule has 1 N–H and O–H groups in total. The molecule has 1 atom stereocenters. The molecule has 0 saturated heterocycles. The van der Waals surface area contributed by atoms with Crippen LogP contribution in [0.4, 0.5) is 0 Å². The molecular weight excluding hydrogens is 334 g/mol. The summed E-state index contributed by atoms with van der Waals surface area (Å²) in [4.78, 5) is 12.3. The standard InChI is InChI=1S/C20H25NO3S/c1-2-19(18-12-7-4-8-13-18)20(22)21-14-9-15-25(23,24)16-17-10-5-3-6-11-17/h3-8,10-13,19H,2,9,14-16H2,1H3,(H,21,22)/t19-/m1/s1. The number of rotatable bonds is 9. The lowest BCUT2D eigenvalue weighted by molar-refractivity contribution is -0.122. The van der Waals surface area contributed by atoms with Crippen molar-refractivity contribution in [2.75, 3.05) is 12.3 Å². The lowest BCUT2D eigenvalue weighted by Gasteiger charge is -2.15. The van der Waals surface area contributed by atoms with Crippen molar-refractivity contribution in [3.8, 4) is 0 Å². The van der Waals surface area contributed by atoms with Gasteiger partial charge in [0.15, 0.2) is 9.84 Å².